The van der Waals surface area contributed by atoms with Crippen molar-refractivity contribution in [3.63, 3.8) is 0 Å². The molecular formula is C63H68N2S2. The number of unbranched alkanes of at least 4 members (excludes halogenated alkanes) is 14. The molecule has 0 N–H and O–H groups in total. The molecule has 9 rings (SSSR count). The first kappa shape index (κ1) is 46.7. The summed E-state index contributed by atoms with van der Waals surface area (Å²) in [4.78, 5) is 9.81. The van der Waals surface area contributed by atoms with Crippen molar-refractivity contribution in [3.05, 3.63) is 167 Å². The molecule has 0 spiro atoms. The normalized spacial score (nSPS) is 13.1. The molecule has 67 heavy (non-hydrogen) atoms. The maximum Gasteiger partial charge on any atom is 0.124 e. The van der Waals surface area contributed by atoms with Gasteiger partial charge < -0.3 is 0 Å². The zero-order chi connectivity index (χ0) is 45.7. The summed E-state index contributed by atoms with van der Waals surface area (Å²) in [5.74, 6) is 0. The van der Waals surface area contributed by atoms with Crippen molar-refractivity contribution in [2.45, 2.75) is 135 Å². The van der Waals surface area contributed by atoms with E-state index in [2.05, 4.69) is 172 Å². The summed E-state index contributed by atoms with van der Waals surface area (Å²) in [7, 11) is 0. The second kappa shape index (κ2) is 23.1. The van der Waals surface area contributed by atoms with Crippen molar-refractivity contribution in [3.8, 4) is 32.3 Å². The van der Waals surface area contributed by atoms with Gasteiger partial charge >= 0.3 is 0 Å². The van der Waals surface area contributed by atoms with Gasteiger partial charge in [-0.15, -0.1) is 22.7 Å². The van der Waals surface area contributed by atoms with E-state index in [4.69, 9.17) is 9.97 Å². The lowest BCUT2D eigenvalue weighted by Crippen LogP contribution is -2.25. The fraction of sp³-hybridized carbons (Fsp3) is 0.333. The average Bonchev–Trinajstić information content (AvgIpc) is 4.08. The van der Waals surface area contributed by atoms with Crippen molar-refractivity contribution >= 4 is 67.4 Å². The zero-order valence-electron chi connectivity index (χ0n) is 39.9. The number of fused-ring (bicyclic) bond motifs is 5. The molecule has 0 saturated heterocycles. The molecule has 0 atom stereocenters. The molecule has 0 fully saturated rings. The third kappa shape index (κ3) is 11.5. The van der Waals surface area contributed by atoms with Crippen molar-refractivity contribution in [2.75, 3.05) is 0 Å². The molecule has 0 unspecified atom stereocenters. The smallest absolute Gasteiger partial charge is 0.124 e. The largest absolute Gasteiger partial charge is 0.236 e. The van der Waals surface area contributed by atoms with Crippen LogP contribution >= 0.6 is 22.7 Å². The Kier molecular flexibility index (Phi) is 16.1. The van der Waals surface area contributed by atoms with E-state index >= 15 is 0 Å². The highest BCUT2D eigenvalue weighted by molar-refractivity contribution is 7.22. The number of thiazole rings is 2. The second-order valence-electron chi connectivity index (χ2n) is 19.0. The van der Waals surface area contributed by atoms with Crippen LogP contribution in [0.5, 0.6) is 0 Å². The van der Waals surface area contributed by atoms with Crippen LogP contribution in [0.25, 0.3) is 77.0 Å². The molecule has 8 aromatic rings. The molecule has 2 aromatic heterocycles. The van der Waals surface area contributed by atoms with Gasteiger partial charge in [-0.05, 0) is 81.6 Å². The fourth-order valence-electron chi connectivity index (χ4n) is 10.4. The average molecular weight is 917 g/mol. The molecule has 6 aromatic carbocycles. The van der Waals surface area contributed by atoms with Gasteiger partial charge in [-0.3, -0.25) is 0 Å². The summed E-state index contributed by atoms with van der Waals surface area (Å²) in [5, 5.41) is 2.15. The van der Waals surface area contributed by atoms with Crippen molar-refractivity contribution in [1.29, 1.82) is 0 Å². The standard InChI is InChI=1S/C63H68N2S2/c1-3-5-7-9-11-13-15-21-43-63(44-22-16-14-12-10-8-6-4-2)55-45-49(29-27-47-31-37-51(38-32-47)61-64-57-23-17-19-25-59(57)66-61)35-41-53(55)54-42-36-50(46-56(54)63)30-28-48-33-39-52(40-34-48)62-65-58-24-18-20-26-60(58)67-62/h17-20,23-42,45-46H,3-16,21-22,43-44H2,1-2H3/b29-27+,30-28+. The number of rotatable bonds is 24. The van der Waals surface area contributed by atoms with Gasteiger partial charge in [0.05, 0.1) is 20.4 Å². The Hall–Kier alpha value is -5.42. The summed E-state index contributed by atoms with van der Waals surface area (Å²) in [6, 6.07) is 49.4. The van der Waals surface area contributed by atoms with E-state index < -0.39 is 0 Å². The minimum absolute atomic E-state index is 0.000579. The van der Waals surface area contributed by atoms with Crippen molar-refractivity contribution in [1.82, 2.24) is 9.97 Å². The minimum Gasteiger partial charge on any atom is -0.236 e. The Balaban J connectivity index is 0.989. The first-order valence-electron chi connectivity index (χ1n) is 25.7. The van der Waals surface area contributed by atoms with Gasteiger partial charge in [0, 0.05) is 16.5 Å². The van der Waals surface area contributed by atoms with Crippen LogP contribution in [0, 0.1) is 0 Å². The van der Waals surface area contributed by atoms with Gasteiger partial charge in [-0.1, -0.05) is 250 Å². The third-order valence-corrected chi connectivity index (χ3v) is 16.3. The van der Waals surface area contributed by atoms with E-state index in [0.717, 1.165) is 21.0 Å². The van der Waals surface area contributed by atoms with E-state index in [9.17, 15) is 0 Å². The summed E-state index contributed by atoms with van der Waals surface area (Å²) in [5.41, 5.74) is 15.5. The van der Waals surface area contributed by atoms with Crippen LogP contribution in [0.1, 0.15) is 163 Å². The third-order valence-electron chi connectivity index (χ3n) is 14.2. The fourth-order valence-corrected chi connectivity index (χ4v) is 12.3. The molecular weight excluding hydrogens is 849 g/mol. The maximum absolute atomic E-state index is 4.91. The first-order chi connectivity index (χ1) is 33.1. The predicted molar refractivity (Wildman–Crippen MR) is 295 cm³/mol. The lowest BCUT2D eigenvalue weighted by Gasteiger charge is -2.33. The highest BCUT2D eigenvalue weighted by atomic mass is 32.1. The van der Waals surface area contributed by atoms with Crippen LogP contribution < -0.4 is 0 Å². The summed E-state index contributed by atoms with van der Waals surface area (Å²) < 4.78 is 2.47. The molecule has 0 saturated carbocycles. The van der Waals surface area contributed by atoms with E-state index in [1.165, 1.54) is 169 Å². The van der Waals surface area contributed by atoms with Gasteiger partial charge in [0.25, 0.3) is 0 Å². The maximum atomic E-state index is 4.91. The van der Waals surface area contributed by atoms with Crippen LogP contribution in [0.15, 0.2) is 133 Å². The topological polar surface area (TPSA) is 25.8 Å². The van der Waals surface area contributed by atoms with Crippen LogP contribution in [0.2, 0.25) is 0 Å². The van der Waals surface area contributed by atoms with Crippen molar-refractivity contribution < 1.29 is 0 Å². The molecule has 342 valence electrons. The molecule has 2 heterocycles. The van der Waals surface area contributed by atoms with Crippen LogP contribution in [0.3, 0.4) is 0 Å². The summed E-state index contributed by atoms with van der Waals surface area (Å²) in [6.07, 6.45) is 33.1. The second-order valence-corrected chi connectivity index (χ2v) is 21.1. The highest BCUT2D eigenvalue weighted by Crippen LogP contribution is 2.55. The molecule has 4 heteroatoms. The molecule has 0 amide bonds. The first-order valence-corrected chi connectivity index (χ1v) is 27.3. The quantitative estimate of drug-likeness (QED) is 0.0446. The van der Waals surface area contributed by atoms with E-state index in [1.807, 2.05) is 0 Å². The highest BCUT2D eigenvalue weighted by Gasteiger charge is 2.42. The van der Waals surface area contributed by atoms with Gasteiger partial charge in [0.15, 0.2) is 0 Å². The molecule has 1 aliphatic carbocycles. The number of para-hydroxylation sites is 2. The Morgan fingerprint density at radius 3 is 1.15 bits per heavy atom. The molecule has 0 aliphatic heterocycles. The van der Waals surface area contributed by atoms with Gasteiger partial charge in [-0.25, -0.2) is 9.97 Å². The van der Waals surface area contributed by atoms with Crippen LogP contribution in [-0.4, -0.2) is 9.97 Å². The summed E-state index contributed by atoms with van der Waals surface area (Å²) in [6.45, 7) is 4.63. The lowest BCUT2D eigenvalue weighted by molar-refractivity contribution is 0.397. The summed E-state index contributed by atoms with van der Waals surface area (Å²) >= 11 is 3.53. The molecule has 2 nitrogen and oxygen atoms in total. The Morgan fingerprint density at radius 1 is 0.388 bits per heavy atom. The van der Waals surface area contributed by atoms with E-state index in [1.54, 1.807) is 33.8 Å². The predicted octanol–water partition coefficient (Wildman–Crippen LogP) is 19.9. The van der Waals surface area contributed by atoms with Gasteiger partial charge in [0.1, 0.15) is 10.0 Å². The van der Waals surface area contributed by atoms with Crippen LogP contribution in [0.4, 0.5) is 0 Å². The number of aromatic nitrogens is 2. The number of hydrogen-bond donors (Lipinski definition) is 0. The van der Waals surface area contributed by atoms with E-state index in [0.29, 0.717) is 0 Å². The molecule has 1 aliphatic rings. The Labute approximate surface area is 409 Å². The van der Waals surface area contributed by atoms with Crippen molar-refractivity contribution in [2.24, 2.45) is 0 Å². The van der Waals surface area contributed by atoms with Crippen LogP contribution in [-0.2, 0) is 5.41 Å². The Bertz CT molecular complexity index is 2630. The SMILES string of the molecule is CCCCCCCCCCC1(CCCCCCCCCC)c2cc(/C=C/c3ccc(-c4nc5ccccc5s4)cc3)ccc2-c2ccc(/C=C/c3ccc(-c4nc5ccccc5s4)cc3)cc21. The number of nitrogens with zero attached hydrogens (tertiary/aromatic N) is 2. The number of benzene rings is 6. The Morgan fingerprint density at radius 2 is 0.746 bits per heavy atom. The zero-order valence-corrected chi connectivity index (χ0v) is 41.6. The molecule has 0 bridgehead atoms. The van der Waals surface area contributed by atoms with Gasteiger partial charge in [0.2, 0.25) is 0 Å². The molecule has 0 radical (unpaired) electrons. The van der Waals surface area contributed by atoms with E-state index in [-0.39, 0.29) is 5.41 Å². The monoisotopic (exact) mass is 916 g/mol. The van der Waals surface area contributed by atoms with Gasteiger partial charge in [-0.2, -0.15) is 0 Å². The number of hydrogen-bond acceptors (Lipinski definition) is 4. The lowest BCUT2D eigenvalue weighted by atomic mass is 9.70. The minimum atomic E-state index is 0.000579.